The van der Waals surface area contributed by atoms with Gasteiger partial charge in [-0.25, -0.2) is 13.2 Å². The minimum absolute atomic E-state index is 0.0424. The molecular formula is C14H12N2O6S. The number of aryl methyl sites for hydroxylation is 1. The molecule has 8 nitrogen and oxygen atoms in total. The molecule has 2 aromatic rings. The van der Waals surface area contributed by atoms with Crippen LogP contribution in [0.15, 0.2) is 47.4 Å². The number of rotatable bonds is 5. The molecule has 0 spiro atoms. The van der Waals surface area contributed by atoms with Crippen molar-refractivity contribution < 1.29 is 23.2 Å². The van der Waals surface area contributed by atoms with Crippen LogP contribution in [0.25, 0.3) is 0 Å². The maximum Gasteiger partial charge on any atom is 0.335 e. The SMILES string of the molecule is Cc1cc(C(=O)O)ccc1NS(=O)(=O)c1ccc([N+](=O)[O-])cc1. The summed E-state index contributed by atoms with van der Waals surface area (Å²) in [7, 11) is -3.93. The first-order chi connectivity index (χ1) is 10.7. The molecule has 0 saturated heterocycles. The second-order valence-corrected chi connectivity index (χ2v) is 6.37. The van der Waals surface area contributed by atoms with E-state index in [-0.39, 0.29) is 21.8 Å². The number of anilines is 1. The van der Waals surface area contributed by atoms with Crippen LogP contribution in [0.2, 0.25) is 0 Å². The van der Waals surface area contributed by atoms with E-state index in [4.69, 9.17) is 5.11 Å². The molecule has 0 aliphatic rings. The molecule has 0 aliphatic heterocycles. The number of nitrogens with one attached hydrogen (secondary N) is 1. The second kappa shape index (κ2) is 6.05. The number of nitro benzene ring substituents is 1. The summed E-state index contributed by atoms with van der Waals surface area (Å²) in [5.74, 6) is -1.11. The molecule has 0 fully saturated rings. The highest BCUT2D eigenvalue weighted by molar-refractivity contribution is 7.92. The number of nitro groups is 1. The molecule has 0 bridgehead atoms. The lowest BCUT2D eigenvalue weighted by molar-refractivity contribution is -0.384. The molecule has 0 aromatic heterocycles. The lowest BCUT2D eigenvalue weighted by Crippen LogP contribution is -2.14. The molecule has 0 saturated carbocycles. The van der Waals surface area contributed by atoms with Gasteiger partial charge in [-0.1, -0.05) is 0 Å². The van der Waals surface area contributed by atoms with E-state index in [1.165, 1.54) is 18.2 Å². The van der Waals surface area contributed by atoms with E-state index in [1.807, 2.05) is 0 Å². The van der Waals surface area contributed by atoms with E-state index in [9.17, 15) is 23.3 Å². The van der Waals surface area contributed by atoms with Crippen molar-refractivity contribution in [3.8, 4) is 0 Å². The van der Waals surface area contributed by atoms with Crippen LogP contribution in [0.1, 0.15) is 15.9 Å². The molecule has 23 heavy (non-hydrogen) atoms. The zero-order chi connectivity index (χ0) is 17.2. The number of carbonyl (C=O) groups is 1. The smallest absolute Gasteiger partial charge is 0.335 e. The average molecular weight is 336 g/mol. The number of benzene rings is 2. The van der Waals surface area contributed by atoms with Crippen LogP contribution in [0.3, 0.4) is 0 Å². The molecule has 0 aliphatic carbocycles. The Morgan fingerprint density at radius 2 is 1.78 bits per heavy atom. The molecule has 2 aromatic carbocycles. The predicted molar refractivity (Wildman–Crippen MR) is 82.0 cm³/mol. The minimum Gasteiger partial charge on any atom is -0.478 e. The number of carboxylic acid groups (broad SMARTS) is 1. The molecule has 120 valence electrons. The van der Waals surface area contributed by atoms with E-state index in [0.29, 0.717) is 5.56 Å². The summed E-state index contributed by atoms with van der Waals surface area (Å²) in [5.41, 5.74) is 0.496. The maximum atomic E-state index is 12.3. The third-order valence-corrected chi connectivity index (χ3v) is 4.46. The quantitative estimate of drug-likeness (QED) is 0.637. The van der Waals surface area contributed by atoms with Gasteiger partial charge in [-0.05, 0) is 42.8 Å². The van der Waals surface area contributed by atoms with Gasteiger partial charge in [0.1, 0.15) is 0 Å². The number of aromatic carboxylic acids is 1. The minimum atomic E-state index is -3.93. The van der Waals surface area contributed by atoms with E-state index in [0.717, 1.165) is 24.3 Å². The largest absolute Gasteiger partial charge is 0.478 e. The molecule has 0 amide bonds. The van der Waals surface area contributed by atoms with Gasteiger partial charge >= 0.3 is 5.97 Å². The van der Waals surface area contributed by atoms with Crippen LogP contribution in [0.4, 0.5) is 11.4 Å². The number of carboxylic acids is 1. The summed E-state index contributed by atoms with van der Waals surface area (Å²) in [4.78, 5) is 20.7. The number of sulfonamides is 1. The maximum absolute atomic E-state index is 12.3. The molecular weight excluding hydrogens is 324 g/mol. The van der Waals surface area contributed by atoms with Crippen LogP contribution >= 0.6 is 0 Å². The van der Waals surface area contributed by atoms with E-state index in [2.05, 4.69) is 4.72 Å². The van der Waals surface area contributed by atoms with Gasteiger partial charge in [-0.15, -0.1) is 0 Å². The van der Waals surface area contributed by atoms with Crippen LogP contribution < -0.4 is 4.72 Å². The fourth-order valence-electron chi connectivity index (χ4n) is 1.86. The second-order valence-electron chi connectivity index (χ2n) is 4.69. The highest BCUT2D eigenvalue weighted by atomic mass is 32.2. The number of hydrogen-bond donors (Lipinski definition) is 2. The molecule has 9 heteroatoms. The number of hydrogen-bond acceptors (Lipinski definition) is 5. The molecule has 0 radical (unpaired) electrons. The summed E-state index contributed by atoms with van der Waals surface area (Å²) in [6.07, 6.45) is 0. The monoisotopic (exact) mass is 336 g/mol. The normalized spacial score (nSPS) is 11.0. The van der Waals surface area contributed by atoms with E-state index < -0.39 is 20.9 Å². The van der Waals surface area contributed by atoms with Crippen LogP contribution in [0.5, 0.6) is 0 Å². The van der Waals surface area contributed by atoms with Crippen molar-refractivity contribution in [3.05, 3.63) is 63.7 Å². The molecule has 0 atom stereocenters. The van der Waals surface area contributed by atoms with Crippen molar-refractivity contribution in [2.24, 2.45) is 0 Å². The molecule has 0 heterocycles. The lowest BCUT2D eigenvalue weighted by Gasteiger charge is -2.11. The van der Waals surface area contributed by atoms with Gasteiger partial charge < -0.3 is 5.11 Å². The predicted octanol–water partition coefficient (Wildman–Crippen LogP) is 2.40. The van der Waals surface area contributed by atoms with Crippen molar-refractivity contribution >= 4 is 27.4 Å². The summed E-state index contributed by atoms with van der Waals surface area (Å²) in [6.45, 7) is 1.57. The standard InChI is InChI=1S/C14H12N2O6S/c1-9-8-10(14(17)18)2-7-13(9)15-23(21,22)12-5-3-11(4-6-12)16(19)20/h2-8,15H,1H3,(H,17,18). The van der Waals surface area contributed by atoms with Crippen molar-refractivity contribution in [3.63, 3.8) is 0 Å². The third kappa shape index (κ3) is 3.64. The van der Waals surface area contributed by atoms with Crippen molar-refractivity contribution in [1.82, 2.24) is 0 Å². The van der Waals surface area contributed by atoms with Gasteiger partial charge in [0, 0.05) is 12.1 Å². The summed E-state index contributed by atoms with van der Waals surface area (Å²) in [5, 5.41) is 19.5. The van der Waals surface area contributed by atoms with Crippen molar-refractivity contribution in [1.29, 1.82) is 0 Å². The average Bonchev–Trinajstić information content (AvgIpc) is 2.49. The number of nitrogens with zero attached hydrogens (tertiary/aromatic N) is 1. The van der Waals surface area contributed by atoms with Gasteiger partial charge in [0.2, 0.25) is 0 Å². The van der Waals surface area contributed by atoms with Gasteiger partial charge in [0.25, 0.3) is 15.7 Å². The van der Waals surface area contributed by atoms with Crippen molar-refractivity contribution in [2.75, 3.05) is 4.72 Å². The zero-order valence-electron chi connectivity index (χ0n) is 11.9. The van der Waals surface area contributed by atoms with Crippen molar-refractivity contribution in [2.45, 2.75) is 11.8 Å². The first-order valence-corrected chi connectivity index (χ1v) is 7.80. The Morgan fingerprint density at radius 3 is 2.26 bits per heavy atom. The van der Waals surface area contributed by atoms with Gasteiger partial charge in [-0.3, -0.25) is 14.8 Å². The van der Waals surface area contributed by atoms with Gasteiger partial charge in [0.05, 0.1) is 21.1 Å². The first kappa shape index (κ1) is 16.4. The number of non-ortho nitro benzene ring substituents is 1. The Labute approximate surface area is 131 Å². The van der Waals surface area contributed by atoms with Gasteiger partial charge in [-0.2, -0.15) is 0 Å². The Balaban J connectivity index is 2.31. The first-order valence-electron chi connectivity index (χ1n) is 6.32. The lowest BCUT2D eigenvalue weighted by atomic mass is 10.1. The molecule has 2 N–H and O–H groups in total. The molecule has 0 unspecified atom stereocenters. The highest BCUT2D eigenvalue weighted by Crippen LogP contribution is 2.22. The Morgan fingerprint density at radius 1 is 1.17 bits per heavy atom. The third-order valence-electron chi connectivity index (χ3n) is 3.08. The van der Waals surface area contributed by atoms with Crippen LogP contribution in [0, 0.1) is 17.0 Å². The summed E-state index contributed by atoms with van der Waals surface area (Å²) >= 11 is 0. The molecule has 2 rings (SSSR count). The van der Waals surface area contributed by atoms with Gasteiger partial charge in [0.15, 0.2) is 0 Å². The zero-order valence-corrected chi connectivity index (χ0v) is 12.7. The topological polar surface area (TPSA) is 127 Å². The highest BCUT2D eigenvalue weighted by Gasteiger charge is 2.17. The van der Waals surface area contributed by atoms with Crippen LogP contribution in [-0.4, -0.2) is 24.4 Å². The Bertz CT molecular complexity index is 875. The fourth-order valence-corrected chi connectivity index (χ4v) is 2.99. The van der Waals surface area contributed by atoms with E-state index in [1.54, 1.807) is 6.92 Å². The summed E-state index contributed by atoms with van der Waals surface area (Å²) in [6, 6.07) is 8.41. The fraction of sp³-hybridized carbons (Fsp3) is 0.0714. The van der Waals surface area contributed by atoms with E-state index >= 15 is 0 Å². The Hall–Kier alpha value is -2.94. The van der Waals surface area contributed by atoms with Crippen LogP contribution in [-0.2, 0) is 10.0 Å². The Kier molecular flexibility index (Phi) is 4.32. The summed E-state index contributed by atoms with van der Waals surface area (Å²) < 4.78 is 26.8.